The van der Waals surface area contributed by atoms with Crippen molar-refractivity contribution in [2.45, 2.75) is 25.9 Å². The molecule has 0 unspecified atom stereocenters. The molecule has 6 nitrogen and oxygen atoms in total. The number of halogens is 4. The van der Waals surface area contributed by atoms with Gasteiger partial charge in [0.1, 0.15) is 5.69 Å². The molecular weight excluding hydrogens is 445 g/mol. The minimum atomic E-state index is -4.43. The maximum absolute atomic E-state index is 13.0. The summed E-state index contributed by atoms with van der Waals surface area (Å²) in [5, 5.41) is 5.92. The predicted molar refractivity (Wildman–Crippen MR) is 118 cm³/mol. The van der Waals surface area contributed by atoms with Crippen LogP contribution in [0.4, 0.5) is 24.7 Å². The van der Waals surface area contributed by atoms with Crippen LogP contribution >= 0.6 is 12.4 Å². The van der Waals surface area contributed by atoms with E-state index >= 15 is 0 Å². The van der Waals surface area contributed by atoms with E-state index in [4.69, 9.17) is 4.74 Å². The molecule has 10 heteroatoms. The number of ether oxygens (including phenoxy) is 1. The van der Waals surface area contributed by atoms with Crippen molar-refractivity contribution in [1.29, 1.82) is 0 Å². The van der Waals surface area contributed by atoms with Gasteiger partial charge in [-0.1, -0.05) is 6.07 Å². The fourth-order valence-corrected chi connectivity index (χ4v) is 3.74. The summed E-state index contributed by atoms with van der Waals surface area (Å²) in [5.74, 6) is 0.510. The number of amides is 1. The molecule has 3 aromatic rings. The number of carbonyl (C=O) groups excluding carboxylic acids is 1. The average Bonchev–Trinajstić information content (AvgIpc) is 3.15. The molecule has 3 heterocycles. The van der Waals surface area contributed by atoms with Crippen molar-refractivity contribution in [2.75, 3.05) is 25.1 Å². The Hall–Kier alpha value is -2.78. The fourth-order valence-electron chi connectivity index (χ4n) is 3.74. The molecule has 2 aromatic heterocycles. The van der Waals surface area contributed by atoms with Crippen molar-refractivity contribution in [3.8, 4) is 0 Å². The third kappa shape index (κ3) is 5.16. The van der Waals surface area contributed by atoms with E-state index in [1.807, 2.05) is 13.0 Å². The maximum Gasteiger partial charge on any atom is 0.416 e. The minimum Gasteiger partial charge on any atom is -0.381 e. The van der Waals surface area contributed by atoms with Crippen molar-refractivity contribution in [3.05, 3.63) is 59.5 Å². The molecule has 0 bridgehead atoms. The summed E-state index contributed by atoms with van der Waals surface area (Å²) in [6, 6.07) is 8.54. The van der Waals surface area contributed by atoms with Crippen molar-refractivity contribution < 1.29 is 22.7 Å². The van der Waals surface area contributed by atoms with E-state index < -0.39 is 11.7 Å². The van der Waals surface area contributed by atoms with Gasteiger partial charge in [-0.2, -0.15) is 13.2 Å². The van der Waals surface area contributed by atoms with Gasteiger partial charge >= 0.3 is 6.18 Å². The van der Waals surface area contributed by atoms with Crippen LogP contribution < -0.4 is 10.6 Å². The second-order valence-corrected chi connectivity index (χ2v) is 7.66. The van der Waals surface area contributed by atoms with Crippen molar-refractivity contribution in [1.82, 2.24) is 14.7 Å². The third-order valence-corrected chi connectivity index (χ3v) is 5.45. The van der Waals surface area contributed by atoms with Crippen LogP contribution in [-0.2, 0) is 10.9 Å². The van der Waals surface area contributed by atoms with Gasteiger partial charge in [0.25, 0.3) is 5.91 Å². The summed E-state index contributed by atoms with van der Waals surface area (Å²) in [6.07, 6.45) is -1.17. The fraction of sp³-hybridized carbons (Fsp3) is 0.364. The molecular formula is C22H24ClF3N4O2. The summed E-state index contributed by atoms with van der Waals surface area (Å²) < 4.78 is 46.1. The highest BCUT2D eigenvalue weighted by Gasteiger charge is 2.30. The van der Waals surface area contributed by atoms with Crippen molar-refractivity contribution in [3.63, 3.8) is 0 Å². The molecule has 1 aromatic carbocycles. The Kier molecular flexibility index (Phi) is 7.30. The molecule has 1 aliphatic rings. The molecule has 1 aliphatic heterocycles. The Bertz CT molecular complexity index is 1090. The monoisotopic (exact) mass is 468 g/mol. The normalized spacial score (nSPS) is 14.8. The minimum absolute atomic E-state index is 0. The maximum atomic E-state index is 13.0. The molecule has 0 aliphatic carbocycles. The Morgan fingerprint density at radius 1 is 1.22 bits per heavy atom. The summed E-state index contributed by atoms with van der Waals surface area (Å²) in [5.41, 5.74) is 1.32. The molecule has 0 radical (unpaired) electrons. The number of hydrogen-bond donors (Lipinski definition) is 2. The highest BCUT2D eigenvalue weighted by atomic mass is 35.5. The highest BCUT2D eigenvalue weighted by molar-refractivity contribution is 5.94. The van der Waals surface area contributed by atoms with Crippen LogP contribution in [0.25, 0.3) is 5.52 Å². The van der Waals surface area contributed by atoms with E-state index in [1.54, 1.807) is 10.5 Å². The first-order valence-electron chi connectivity index (χ1n) is 10.1. The van der Waals surface area contributed by atoms with E-state index in [-0.39, 0.29) is 24.0 Å². The van der Waals surface area contributed by atoms with Gasteiger partial charge in [-0.15, -0.1) is 12.4 Å². The van der Waals surface area contributed by atoms with Crippen LogP contribution in [-0.4, -0.2) is 35.1 Å². The molecule has 0 spiro atoms. The van der Waals surface area contributed by atoms with Gasteiger partial charge in [-0.25, -0.2) is 4.98 Å². The van der Waals surface area contributed by atoms with Crippen molar-refractivity contribution in [2.24, 2.45) is 5.92 Å². The number of rotatable bonds is 5. The zero-order valence-corrected chi connectivity index (χ0v) is 18.2. The molecule has 1 saturated heterocycles. The summed E-state index contributed by atoms with van der Waals surface area (Å²) in [6.45, 7) is 3.84. The van der Waals surface area contributed by atoms with E-state index in [0.717, 1.165) is 30.7 Å². The Morgan fingerprint density at radius 2 is 1.97 bits per heavy atom. The number of benzene rings is 1. The lowest BCUT2D eigenvalue weighted by atomic mass is 10.0. The lowest BCUT2D eigenvalue weighted by Gasteiger charge is -2.22. The second-order valence-electron chi connectivity index (χ2n) is 7.66. The SMILES string of the molecule is Cc1ccc2c(Nc3cccc(C(F)(F)F)c3)ncc(C(=O)NCC3CCOCC3)n12.Cl. The van der Waals surface area contributed by atoms with Gasteiger partial charge in [-0.3, -0.25) is 4.79 Å². The van der Waals surface area contributed by atoms with E-state index in [1.165, 1.54) is 18.3 Å². The van der Waals surface area contributed by atoms with Crippen LogP contribution in [0.2, 0.25) is 0 Å². The second kappa shape index (κ2) is 9.79. The summed E-state index contributed by atoms with van der Waals surface area (Å²) in [4.78, 5) is 17.2. The number of hydrogen-bond acceptors (Lipinski definition) is 4. The Labute approximate surface area is 189 Å². The molecule has 0 saturated carbocycles. The number of alkyl halides is 3. The number of fused-ring (bicyclic) bond motifs is 1. The molecule has 1 fully saturated rings. The quantitative estimate of drug-likeness (QED) is 0.554. The molecule has 1 amide bonds. The average molecular weight is 469 g/mol. The number of nitrogens with one attached hydrogen (secondary N) is 2. The van der Waals surface area contributed by atoms with Gasteiger partial charge in [0.05, 0.1) is 17.3 Å². The molecule has 4 rings (SSSR count). The standard InChI is InChI=1S/C22H23F3N4O2.ClH/c1-14-5-6-18-20(28-17-4-2-3-16(11-17)22(23,24)25)26-13-19(29(14)18)21(30)27-12-15-7-9-31-10-8-15;/h2-6,11,13,15H,7-10,12H2,1H3,(H,26,28)(H,27,30);1H. The largest absolute Gasteiger partial charge is 0.416 e. The summed E-state index contributed by atoms with van der Waals surface area (Å²) >= 11 is 0. The van der Waals surface area contributed by atoms with Crippen LogP contribution in [0.3, 0.4) is 0 Å². The number of nitrogens with zero attached hydrogens (tertiary/aromatic N) is 2. The van der Waals surface area contributed by atoms with Crippen LogP contribution in [0.15, 0.2) is 42.6 Å². The topological polar surface area (TPSA) is 67.7 Å². The third-order valence-electron chi connectivity index (χ3n) is 5.45. The Balaban J connectivity index is 0.00000289. The molecule has 0 atom stereocenters. The Morgan fingerprint density at radius 3 is 2.69 bits per heavy atom. The van der Waals surface area contributed by atoms with Gasteiger partial charge in [0, 0.05) is 31.1 Å². The number of aromatic nitrogens is 2. The number of carbonyl (C=O) groups is 1. The van der Waals surface area contributed by atoms with Gasteiger partial charge < -0.3 is 19.8 Å². The first-order valence-corrected chi connectivity index (χ1v) is 10.1. The smallest absolute Gasteiger partial charge is 0.381 e. The van der Waals surface area contributed by atoms with E-state index in [9.17, 15) is 18.0 Å². The molecule has 32 heavy (non-hydrogen) atoms. The predicted octanol–water partition coefficient (Wildman–Crippen LogP) is 4.98. The lowest BCUT2D eigenvalue weighted by Crippen LogP contribution is -2.33. The van der Waals surface area contributed by atoms with Gasteiger partial charge in [0.2, 0.25) is 0 Å². The summed E-state index contributed by atoms with van der Waals surface area (Å²) in [7, 11) is 0. The van der Waals surface area contributed by atoms with Gasteiger partial charge in [-0.05, 0) is 56.0 Å². The zero-order valence-electron chi connectivity index (χ0n) is 17.4. The zero-order chi connectivity index (χ0) is 22.0. The molecule has 172 valence electrons. The lowest BCUT2D eigenvalue weighted by molar-refractivity contribution is -0.137. The number of anilines is 2. The first kappa shape index (κ1) is 23.9. The van der Waals surface area contributed by atoms with E-state index in [2.05, 4.69) is 15.6 Å². The van der Waals surface area contributed by atoms with Crippen molar-refractivity contribution >= 4 is 35.3 Å². The highest BCUT2D eigenvalue weighted by Crippen LogP contribution is 2.32. The molecule has 2 N–H and O–H groups in total. The van der Waals surface area contributed by atoms with E-state index in [0.29, 0.717) is 42.7 Å². The first-order chi connectivity index (χ1) is 14.8. The van der Waals surface area contributed by atoms with Crippen LogP contribution in [0.1, 0.15) is 34.6 Å². The van der Waals surface area contributed by atoms with Crippen LogP contribution in [0, 0.1) is 12.8 Å². The van der Waals surface area contributed by atoms with Crippen LogP contribution in [0.5, 0.6) is 0 Å². The van der Waals surface area contributed by atoms with Gasteiger partial charge in [0.15, 0.2) is 5.82 Å². The number of aryl methyl sites for hydroxylation is 1.